The molecule has 3 rings (SSSR count). The molecular weight excluding hydrogens is 344 g/mol. The maximum Gasteiger partial charge on any atom is 0.271 e. The van der Waals surface area contributed by atoms with Crippen LogP contribution in [0.2, 0.25) is 0 Å². The van der Waals surface area contributed by atoms with Crippen LogP contribution in [0.4, 0.5) is 0 Å². The van der Waals surface area contributed by atoms with Gasteiger partial charge in [0.05, 0.1) is 36.0 Å². The van der Waals surface area contributed by atoms with E-state index in [0.29, 0.717) is 43.0 Å². The van der Waals surface area contributed by atoms with Gasteiger partial charge in [-0.1, -0.05) is 12.1 Å². The lowest BCUT2D eigenvalue weighted by atomic mass is 10.1. The molecule has 8 nitrogen and oxygen atoms in total. The summed E-state index contributed by atoms with van der Waals surface area (Å²) in [6.45, 7) is 2.65. The quantitative estimate of drug-likeness (QED) is 0.841. The Morgan fingerprint density at radius 2 is 2.07 bits per heavy atom. The lowest BCUT2D eigenvalue weighted by Crippen LogP contribution is -2.38. The molecule has 0 fully saturated rings. The minimum absolute atomic E-state index is 0.184. The van der Waals surface area contributed by atoms with Gasteiger partial charge in [-0.3, -0.25) is 14.3 Å². The van der Waals surface area contributed by atoms with E-state index in [2.05, 4.69) is 16.5 Å². The lowest BCUT2D eigenvalue weighted by molar-refractivity contribution is 0.0705. The van der Waals surface area contributed by atoms with Crippen molar-refractivity contribution in [2.24, 2.45) is 0 Å². The maximum absolute atomic E-state index is 12.8. The Hall–Kier alpha value is -3.18. The van der Waals surface area contributed by atoms with E-state index in [0.717, 1.165) is 12.2 Å². The minimum atomic E-state index is -0.216. The highest BCUT2D eigenvalue weighted by Crippen LogP contribution is 2.18. The van der Waals surface area contributed by atoms with E-state index in [1.54, 1.807) is 39.9 Å². The summed E-state index contributed by atoms with van der Waals surface area (Å²) in [4.78, 5) is 28.7. The molecule has 0 saturated carbocycles. The standard InChI is InChI=1S/C19H22N6O2/c1-23(2)8-7-21-18(26)17-11-15-13-24(9-10-25(15)22-17)19(27)16-6-4-3-5-14(16)12-20/h3-6,11H,7-10,13H2,1-2H3,(H,21,26). The second kappa shape index (κ2) is 8.01. The van der Waals surface area contributed by atoms with Crippen molar-refractivity contribution < 1.29 is 9.59 Å². The summed E-state index contributed by atoms with van der Waals surface area (Å²) in [7, 11) is 3.88. The first-order valence-corrected chi connectivity index (χ1v) is 8.77. The van der Waals surface area contributed by atoms with Gasteiger partial charge in [0.15, 0.2) is 5.69 Å². The Kier molecular flexibility index (Phi) is 5.52. The van der Waals surface area contributed by atoms with Gasteiger partial charge in [-0.25, -0.2) is 0 Å². The summed E-state index contributed by atoms with van der Waals surface area (Å²) in [5.74, 6) is -0.400. The molecule has 0 saturated heterocycles. The van der Waals surface area contributed by atoms with Crippen LogP contribution in [0.5, 0.6) is 0 Å². The molecule has 0 bridgehead atoms. The predicted octanol–water partition coefficient (Wildman–Crippen LogP) is 0.702. The van der Waals surface area contributed by atoms with Gasteiger partial charge in [-0.05, 0) is 32.3 Å². The predicted molar refractivity (Wildman–Crippen MR) is 99.0 cm³/mol. The zero-order valence-electron chi connectivity index (χ0n) is 15.5. The molecule has 140 valence electrons. The van der Waals surface area contributed by atoms with E-state index < -0.39 is 0 Å². The van der Waals surface area contributed by atoms with Gasteiger partial charge < -0.3 is 15.1 Å². The SMILES string of the molecule is CN(C)CCNC(=O)c1cc2n(n1)CCN(C(=O)c1ccccc1C#N)C2. The topological polar surface area (TPSA) is 94.3 Å². The highest BCUT2D eigenvalue weighted by Gasteiger charge is 2.25. The largest absolute Gasteiger partial charge is 0.349 e. The smallest absolute Gasteiger partial charge is 0.271 e. The van der Waals surface area contributed by atoms with Crippen LogP contribution in [0.15, 0.2) is 30.3 Å². The molecule has 2 heterocycles. The molecule has 0 atom stereocenters. The first-order chi connectivity index (χ1) is 13.0. The Morgan fingerprint density at radius 3 is 2.81 bits per heavy atom. The molecule has 0 radical (unpaired) electrons. The Morgan fingerprint density at radius 1 is 1.30 bits per heavy atom. The van der Waals surface area contributed by atoms with Crippen molar-refractivity contribution in [3.8, 4) is 6.07 Å². The van der Waals surface area contributed by atoms with Crippen molar-refractivity contribution in [1.82, 2.24) is 24.9 Å². The molecule has 1 N–H and O–H groups in total. The number of hydrogen-bond acceptors (Lipinski definition) is 5. The number of likely N-dealkylation sites (N-methyl/N-ethyl adjacent to an activating group) is 1. The van der Waals surface area contributed by atoms with Gasteiger partial charge >= 0.3 is 0 Å². The third kappa shape index (κ3) is 4.15. The molecule has 1 aromatic heterocycles. The van der Waals surface area contributed by atoms with Crippen molar-refractivity contribution in [3.05, 3.63) is 52.8 Å². The van der Waals surface area contributed by atoms with E-state index >= 15 is 0 Å². The second-order valence-corrected chi connectivity index (χ2v) is 6.69. The van der Waals surface area contributed by atoms with Crippen LogP contribution >= 0.6 is 0 Å². The average molecular weight is 366 g/mol. The van der Waals surface area contributed by atoms with E-state index in [9.17, 15) is 14.9 Å². The van der Waals surface area contributed by atoms with E-state index in [4.69, 9.17) is 0 Å². The van der Waals surface area contributed by atoms with Crippen LogP contribution in [-0.2, 0) is 13.1 Å². The van der Waals surface area contributed by atoms with Gasteiger partial charge in [0, 0.05) is 19.6 Å². The number of nitrogens with one attached hydrogen (secondary N) is 1. The van der Waals surface area contributed by atoms with E-state index in [-0.39, 0.29) is 11.8 Å². The van der Waals surface area contributed by atoms with Crippen molar-refractivity contribution in [1.29, 1.82) is 5.26 Å². The molecule has 0 unspecified atom stereocenters. The summed E-state index contributed by atoms with van der Waals surface area (Å²) in [6.07, 6.45) is 0. The summed E-state index contributed by atoms with van der Waals surface area (Å²) >= 11 is 0. The number of nitrogens with zero attached hydrogens (tertiary/aromatic N) is 5. The number of benzene rings is 1. The third-order valence-corrected chi connectivity index (χ3v) is 4.44. The first-order valence-electron chi connectivity index (χ1n) is 8.77. The third-order valence-electron chi connectivity index (χ3n) is 4.44. The molecule has 2 aromatic rings. The number of carbonyl (C=O) groups is 2. The van der Waals surface area contributed by atoms with Crippen LogP contribution in [0.25, 0.3) is 0 Å². The van der Waals surface area contributed by atoms with E-state index in [1.165, 1.54) is 0 Å². The number of carbonyl (C=O) groups excluding carboxylic acids is 2. The van der Waals surface area contributed by atoms with Crippen LogP contribution in [0.3, 0.4) is 0 Å². The van der Waals surface area contributed by atoms with Gasteiger partial charge in [0.25, 0.3) is 11.8 Å². The van der Waals surface area contributed by atoms with Gasteiger partial charge in [-0.15, -0.1) is 0 Å². The van der Waals surface area contributed by atoms with Crippen LogP contribution in [0, 0.1) is 11.3 Å². The number of aromatic nitrogens is 2. The molecule has 2 amide bonds. The van der Waals surface area contributed by atoms with Gasteiger partial charge in [0.2, 0.25) is 0 Å². The van der Waals surface area contributed by atoms with Gasteiger partial charge in [0.1, 0.15) is 0 Å². The number of amides is 2. The number of rotatable bonds is 5. The fraction of sp³-hybridized carbons (Fsp3) is 0.368. The fourth-order valence-corrected chi connectivity index (χ4v) is 2.97. The van der Waals surface area contributed by atoms with Crippen molar-refractivity contribution >= 4 is 11.8 Å². The summed E-state index contributed by atoms with van der Waals surface area (Å²) in [5, 5.41) is 16.4. The summed E-state index contributed by atoms with van der Waals surface area (Å²) in [5.41, 5.74) is 1.93. The number of nitriles is 1. The summed E-state index contributed by atoms with van der Waals surface area (Å²) in [6, 6.07) is 10.6. The van der Waals surface area contributed by atoms with Crippen molar-refractivity contribution in [3.63, 3.8) is 0 Å². The minimum Gasteiger partial charge on any atom is -0.349 e. The van der Waals surface area contributed by atoms with Gasteiger partial charge in [-0.2, -0.15) is 10.4 Å². The normalized spacial score (nSPS) is 13.2. The monoisotopic (exact) mass is 366 g/mol. The van der Waals surface area contributed by atoms with Crippen molar-refractivity contribution in [2.75, 3.05) is 33.7 Å². The molecule has 1 aliphatic rings. The van der Waals surface area contributed by atoms with Crippen molar-refractivity contribution in [2.45, 2.75) is 13.1 Å². The zero-order chi connectivity index (χ0) is 19.4. The number of hydrogen-bond donors (Lipinski definition) is 1. The average Bonchev–Trinajstić information content (AvgIpc) is 3.10. The first kappa shape index (κ1) is 18.6. The Bertz CT molecular complexity index is 896. The lowest BCUT2D eigenvalue weighted by Gasteiger charge is -2.28. The van der Waals surface area contributed by atoms with E-state index in [1.807, 2.05) is 19.0 Å². The molecular formula is C19H22N6O2. The Labute approximate surface area is 158 Å². The van der Waals surface area contributed by atoms with Crippen LogP contribution < -0.4 is 5.32 Å². The molecule has 1 aliphatic heterocycles. The maximum atomic E-state index is 12.8. The highest BCUT2D eigenvalue weighted by molar-refractivity contribution is 5.96. The molecule has 1 aromatic carbocycles. The molecule has 8 heteroatoms. The zero-order valence-corrected chi connectivity index (χ0v) is 15.5. The highest BCUT2D eigenvalue weighted by atomic mass is 16.2. The van der Waals surface area contributed by atoms with Crippen LogP contribution in [0.1, 0.15) is 32.1 Å². The van der Waals surface area contributed by atoms with Crippen LogP contribution in [-0.4, -0.2) is 65.1 Å². The fourth-order valence-electron chi connectivity index (χ4n) is 2.97. The molecule has 0 spiro atoms. The molecule has 27 heavy (non-hydrogen) atoms. The summed E-state index contributed by atoms with van der Waals surface area (Å²) < 4.78 is 1.76. The molecule has 0 aliphatic carbocycles. The Balaban J connectivity index is 1.70. The second-order valence-electron chi connectivity index (χ2n) is 6.69. The number of fused-ring (bicyclic) bond motifs is 1.